The Morgan fingerprint density at radius 1 is 1.31 bits per heavy atom. The minimum Gasteiger partial charge on any atom is -0.356 e. The fourth-order valence-electron chi connectivity index (χ4n) is 4.18. The van der Waals surface area contributed by atoms with Crippen molar-refractivity contribution in [2.24, 2.45) is 0 Å². The third-order valence-electron chi connectivity index (χ3n) is 5.80. The van der Waals surface area contributed by atoms with Crippen molar-refractivity contribution in [2.75, 3.05) is 33.2 Å². The van der Waals surface area contributed by atoms with E-state index in [1.807, 2.05) is 18.0 Å². The molecular weight excluding hydrogens is 332 g/mol. The Morgan fingerprint density at radius 2 is 2.15 bits per heavy atom. The molecule has 2 saturated heterocycles. The number of amides is 2. The summed E-state index contributed by atoms with van der Waals surface area (Å²) in [6.45, 7) is 4.61. The topological polar surface area (TPSA) is 82.8 Å². The second kappa shape index (κ2) is 6.35. The van der Waals surface area contributed by atoms with Crippen molar-refractivity contribution < 1.29 is 9.59 Å². The maximum absolute atomic E-state index is 13.3. The van der Waals surface area contributed by atoms with Gasteiger partial charge in [-0.1, -0.05) is 0 Å². The molecule has 0 saturated carbocycles. The zero-order chi connectivity index (χ0) is 18.3. The molecule has 0 aliphatic carbocycles. The minimum atomic E-state index is -0.153. The first kappa shape index (κ1) is 17.0. The maximum Gasteiger partial charge on any atom is 0.272 e. The van der Waals surface area contributed by atoms with Crippen LogP contribution in [0.2, 0.25) is 0 Å². The summed E-state index contributed by atoms with van der Waals surface area (Å²) >= 11 is 0. The second-order valence-electron chi connectivity index (χ2n) is 7.31. The predicted octanol–water partition coefficient (Wildman–Crippen LogP) is 0.464. The van der Waals surface area contributed by atoms with Crippen molar-refractivity contribution in [2.45, 2.75) is 31.7 Å². The zero-order valence-corrected chi connectivity index (χ0v) is 15.2. The van der Waals surface area contributed by atoms with Crippen LogP contribution >= 0.6 is 0 Å². The van der Waals surface area contributed by atoms with Gasteiger partial charge in [-0.3, -0.25) is 18.9 Å². The van der Waals surface area contributed by atoms with Crippen LogP contribution in [0.3, 0.4) is 0 Å². The van der Waals surface area contributed by atoms with Gasteiger partial charge in [-0.15, -0.1) is 0 Å². The van der Waals surface area contributed by atoms with E-state index in [4.69, 9.17) is 0 Å². The van der Waals surface area contributed by atoms with Gasteiger partial charge in [0, 0.05) is 50.5 Å². The van der Waals surface area contributed by atoms with Gasteiger partial charge < -0.3 is 10.2 Å². The van der Waals surface area contributed by atoms with E-state index in [1.165, 1.54) is 0 Å². The summed E-state index contributed by atoms with van der Waals surface area (Å²) in [6.07, 6.45) is 5.64. The first-order valence-corrected chi connectivity index (χ1v) is 9.07. The predicted molar refractivity (Wildman–Crippen MR) is 95.8 cm³/mol. The molecule has 26 heavy (non-hydrogen) atoms. The number of nitrogens with zero attached hydrogens (tertiary/aromatic N) is 5. The second-order valence-corrected chi connectivity index (χ2v) is 7.31. The van der Waals surface area contributed by atoms with Crippen LogP contribution in [0.15, 0.2) is 18.5 Å². The average Bonchev–Trinajstić information content (AvgIpc) is 2.85. The van der Waals surface area contributed by atoms with Gasteiger partial charge in [0.05, 0.1) is 5.69 Å². The molecule has 1 spiro atoms. The number of piperazine rings is 1. The van der Waals surface area contributed by atoms with E-state index >= 15 is 0 Å². The summed E-state index contributed by atoms with van der Waals surface area (Å²) in [4.78, 5) is 38.0. The normalized spacial score (nSPS) is 24.7. The minimum absolute atomic E-state index is 0.0148. The standard InChI is InChI=1S/C18H24N6O2/c1-13-15(24-9-3-7-20-17(24)21-13)16(26)23-11-10-22(2)18(12-23)5-4-14(25)19-8-6-18/h3,7,9H,4-6,8,10-12H2,1-2H3,(H,19,25)/t18-/m1/s1. The number of carbonyl (C=O) groups excluding carboxylic acids is 2. The van der Waals surface area contributed by atoms with Gasteiger partial charge in [0.15, 0.2) is 0 Å². The summed E-state index contributed by atoms with van der Waals surface area (Å²) in [6, 6.07) is 1.80. The van der Waals surface area contributed by atoms with Gasteiger partial charge in [-0.25, -0.2) is 9.97 Å². The number of likely N-dealkylation sites (N-methyl/N-ethyl adjacent to an activating group) is 1. The molecule has 4 heterocycles. The van der Waals surface area contributed by atoms with Crippen molar-refractivity contribution in [3.05, 3.63) is 29.8 Å². The molecule has 0 aromatic carbocycles. The number of aryl methyl sites for hydroxylation is 1. The summed E-state index contributed by atoms with van der Waals surface area (Å²) < 4.78 is 1.76. The van der Waals surface area contributed by atoms with Crippen molar-refractivity contribution in [3.8, 4) is 0 Å². The van der Waals surface area contributed by atoms with E-state index in [9.17, 15) is 9.59 Å². The van der Waals surface area contributed by atoms with Gasteiger partial charge in [0.25, 0.3) is 5.91 Å². The fraction of sp³-hybridized carbons (Fsp3) is 0.556. The lowest BCUT2D eigenvalue weighted by Crippen LogP contribution is -2.62. The third-order valence-corrected chi connectivity index (χ3v) is 5.80. The van der Waals surface area contributed by atoms with Gasteiger partial charge >= 0.3 is 0 Å². The molecule has 0 unspecified atom stereocenters. The Morgan fingerprint density at radius 3 is 3.00 bits per heavy atom. The van der Waals surface area contributed by atoms with E-state index in [2.05, 4.69) is 27.2 Å². The maximum atomic E-state index is 13.3. The van der Waals surface area contributed by atoms with Crippen LogP contribution in [0.25, 0.3) is 5.78 Å². The summed E-state index contributed by atoms with van der Waals surface area (Å²) in [5.41, 5.74) is 1.12. The van der Waals surface area contributed by atoms with Crippen LogP contribution in [0.5, 0.6) is 0 Å². The molecule has 2 aliphatic rings. The van der Waals surface area contributed by atoms with Gasteiger partial charge in [-0.05, 0) is 32.9 Å². The molecule has 2 aromatic rings. The SMILES string of the molecule is Cc1nc2ncccn2c1C(=O)N1CCN(C)[C@]2(CCNC(=O)CC2)C1. The Bertz CT molecular complexity index is 862. The quantitative estimate of drug-likeness (QED) is 0.803. The van der Waals surface area contributed by atoms with Crippen LogP contribution in [-0.2, 0) is 4.79 Å². The molecule has 1 atom stereocenters. The number of carbonyl (C=O) groups is 2. The molecule has 2 aromatic heterocycles. The third kappa shape index (κ3) is 2.74. The highest BCUT2D eigenvalue weighted by atomic mass is 16.2. The smallest absolute Gasteiger partial charge is 0.272 e. The van der Waals surface area contributed by atoms with Crippen LogP contribution < -0.4 is 5.32 Å². The molecule has 2 amide bonds. The van der Waals surface area contributed by atoms with Crippen LogP contribution in [0, 0.1) is 6.92 Å². The monoisotopic (exact) mass is 356 g/mol. The summed E-state index contributed by atoms with van der Waals surface area (Å²) in [5, 5.41) is 2.95. The highest BCUT2D eigenvalue weighted by Gasteiger charge is 2.42. The van der Waals surface area contributed by atoms with Crippen LogP contribution in [-0.4, -0.2) is 74.7 Å². The number of hydrogen-bond acceptors (Lipinski definition) is 5. The molecule has 8 heteroatoms. The average molecular weight is 356 g/mol. The van der Waals surface area contributed by atoms with E-state index in [1.54, 1.807) is 16.7 Å². The van der Waals surface area contributed by atoms with Gasteiger partial charge in [-0.2, -0.15) is 0 Å². The van der Waals surface area contributed by atoms with Crippen molar-refractivity contribution in [1.29, 1.82) is 0 Å². The number of hydrogen-bond donors (Lipinski definition) is 1. The number of imidazole rings is 1. The molecule has 2 aliphatic heterocycles. The van der Waals surface area contributed by atoms with E-state index in [0.29, 0.717) is 43.2 Å². The number of aromatic nitrogens is 3. The molecule has 4 rings (SSSR count). The Hall–Kier alpha value is -2.48. The summed E-state index contributed by atoms with van der Waals surface area (Å²) in [5.74, 6) is 0.628. The molecule has 0 radical (unpaired) electrons. The largest absolute Gasteiger partial charge is 0.356 e. The molecule has 0 bridgehead atoms. The number of rotatable bonds is 1. The van der Waals surface area contributed by atoms with Crippen molar-refractivity contribution >= 4 is 17.6 Å². The van der Waals surface area contributed by atoms with E-state index in [-0.39, 0.29) is 17.4 Å². The highest BCUT2D eigenvalue weighted by Crippen LogP contribution is 2.31. The van der Waals surface area contributed by atoms with Crippen molar-refractivity contribution in [1.82, 2.24) is 29.5 Å². The van der Waals surface area contributed by atoms with E-state index in [0.717, 1.165) is 19.4 Å². The lowest BCUT2D eigenvalue weighted by atomic mass is 9.86. The Balaban J connectivity index is 1.64. The first-order valence-electron chi connectivity index (χ1n) is 9.07. The molecule has 2 fully saturated rings. The van der Waals surface area contributed by atoms with Crippen molar-refractivity contribution in [3.63, 3.8) is 0 Å². The molecule has 8 nitrogen and oxygen atoms in total. The Kier molecular flexibility index (Phi) is 4.14. The summed E-state index contributed by atoms with van der Waals surface area (Å²) in [7, 11) is 2.10. The lowest BCUT2D eigenvalue weighted by Gasteiger charge is -2.49. The van der Waals surface area contributed by atoms with Crippen LogP contribution in [0.4, 0.5) is 0 Å². The van der Waals surface area contributed by atoms with E-state index < -0.39 is 0 Å². The zero-order valence-electron chi connectivity index (χ0n) is 15.2. The lowest BCUT2D eigenvalue weighted by molar-refractivity contribution is -0.121. The van der Waals surface area contributed by atoms with Crippen LogP contribution in [0.1, 0.15) is 35.4 Å². The number of nitrogens with one attached hydrogen (secondary N) is 1. The highest BCUT2D eigenvalue weighted by molar-refractivity contribution is 5.94. The molecule has 138 valence electrons. The Labute approximate surface area is 152 Å². The first-order chi connectivity index (χ1) is 12.5. The fourth-order valence-corrected chi connectivity index (χ4v) is 4.18. The number of fused-ring (bicyclic) bond motifs is 1. The van der Waals surface area contributed by atoms with Gasteiger partial charge in [0.2, 0.25) is 11.7 Å². The molecular formula is C18H24N6O2. The molecule has 1 N–H and O–H groups in total. The van der Waals surface area contributed by atoms with Gasteiger partial charge in [0.1, 0.15) is 5.69 Å².